The smallest absolute Gasteiger partial charge is 0.306 e. The van der Waals surface area contributed by atoms with E-state index < -0.39 is 5.97 Å². The van der Waals surface area contributed by atoms with E-state index in [9.17, 15) is 4.79 Å². The molecule has 1 radical (unpaired) electrons. The van der Waals surface area contributed by atoms with Gasteiger partial charge in [-0.05, 0) is 25.2 Å². The predicted molar refractivity (Wildman–Crippen MR) is 48.0 cm³/mol. The van der Waals surface area contributed by atoms with Crippen LogP contribution in [-0.4, -0.2) is 11.1 Å². The summed E-state index contributed by atoms with van der Waals surface area (Å²) in [5, 5.41) is 8.93. The van der Waals surface area contributed by atoms with Gasteiger partial charge in [-0.15, -0.1) is 0 Å². The Balaban J connectivity index is 0.00000144. The van der Waals surface area contributed by atoms with Gasteiger partial charge >= 0.3 is 5.97 Å². The summed E-state index contributed by atoms with van der Waals surface area (Å²) < 4.78 is 0. The molecular formula is C10H18CuO2. The largest absolute Gasteiger partial charge is 0.481 e. The summed E-state index contributed by atoms with van der Waals surface area (Å²) in [6, 6.07) is 0. The summed E-state index contributed by atoms with van der Waals surface area (Å²) in [5.41, 5.74) is 0. The molecule has 0 heterocycles. The molecule has 2 nitrogen and oxygen atoms in total. The van der Waals surface area contributed by atoms with Crippen molar-refractivity contribution < 1.29 is 27.0 Å². The topological polar surface area (TPSA) is 37.3 Å². The number of carboxylic acids is 1. The molecule has 0 spiro atoms. The summed E-state index contributed by atoms with van der Waals surface area (Å²) >= 11 is 0. The minimum absolute atomic E-state index is 0. The summed E-state index contributed by atoms with van der Waals surface area (Å²) in [4.78, 5) is 10.8. The first-order chi connectivity index (χ1) is 5.75. The zero-order valence-electron chi connectivity index (χ0n) is 8.05. The number of hydrogen-bond acceptors (Lipinski definition) is 1. The van der Waals surface area contributed by atoms with Gasteiger partial charge in [0.15, 0.2) is 0 Å². The van der Waals surface area contributed by atoms with Gasteiger partial charge in [0.05, 0.1) is 5.92 Å². The molecule has 0 saturated heterocycles. The second-order valence-corrected chi connectivity index (χ2v) is 3.75. The Kier molecular flexibility index (Phi) is 6.44. The van der Waals surface area contributed by atoms with Crippen LogP contribution in [0.4, 0.5) is 0 Å². The zero-order chi connectivity index (χ0) is 8.97. The molecule has 0 aromatic carbocycles. The molecule has 1 rings (SSSR count). The molecule has 1 atom stereocenters. The molecule has 0 aromatic rings. The number of rotatable bonds is 3. The Morgan fingerprint density at radius 3 is 2.31 bits per heavy atom. The van der Waals surface area contributed by atoms with Gasteiger partial charge in [0.2, 0.25) is 0 Å². The van der Waals surface area contributed by atoms with Gasteiger partial charge in [0.1, 0.15) is 0 Å². The van der Waals surface area contributed by atoms with Crippen molar-refractivity contribution in [2.75, 3.05) is 0 Å². The van der Waals surface area contributed by atoms with Crippen LogP contribution in [0.3, 0.4) is 0 Å². The first-order valence-electron chi connectivity index (χ1n) is 4.98. The summed E-state index contributed by atoms with van der Waals surface area (Å²) in [7, 11) is 0. The van der Waals surface area contributed by atoms with Gasteiger partial charge in [0, 0.05) is 17.1 Å². The molecule has 0 amide bonds. The molecule has 1 unspecified atom stereocenters. The van der Waals surface area contributed by atoms with Crippen LogP contribution in [-0.2, 0) is 21.9 Å². The third kappa shape index (κ3) is 3.70. The van der Waals surface area contributed by atoms with E-state index in [1.807, 2.05) is 6.92 Å². The minimum Gasteiger partial charge on any atom is -0.481 e. The Morgan fingerprint density at radius 1 is 1.38 bits per heavy atom. The molecule has 1 saturated carbocycles. The van der Waals surface area contributed by atoms with E-state index >= 15 is 0 Å². The van der Waals surface area contributed by atoms with Gasteiger partial charge in [-0.25, -0.2) is 0 Å². The normalized spacial score (nSPS) is 20.4. The monoisotopic (exact) mass is 233 g/mol. The fourth-order valence-corrected chi connectivity index (χ4v) is 2.25. The molecule has 3 heteroatoms. The maximum Gasteiger partial charge on any atom is 0.306 e. The molecule has 1 aliphatic rings. The Labute approximate surface area is 90.6 Å². The first-order valence-corrected chi connectivity index (χ1v) is 4.98. The number of hydrogen-bond donors (Lipinski definition) is 1. The van der Waals surface area contributed by atoms with E-state index in [1.54, 1.807) is 0 Å². The molecule has 0 aromatic heterocycles. The summed E-state index contributed by atoms with van der Waals surface area (Å²) in [6.07, 6.45) is 6.81. The molecule has 0 aliphatic heterocycles. The van der Waals surface area contributed by atoms with Crippen molar-refractivity contribution in [3.63, 3.8) is 0 Å². The van der Waals surface area contributed by atoms with Gasteiger partial charge in [-0.3, -0.25) is 4.79 Å². The SMILES string of the molecule is CCC(C(=O)O)C1CCCCC1.[Cu]. The molecule has 1 aliphatic carbocycles. The second kappa shape index (κ2) is 6.44. The first kappa shape index (κ1) is 13.0. The quantitative estimate of drug-likeness (QED) is 0.762. The maximum atomic E-state index is 10.8. The Bertz CT molecular complexity index is 153. The average molecular weight is 234 g/mol. The Morgan fingerprint density at radius 2 is 1.92 bits per heavy atom. The van der Waals surface area contributed by atoms with E-state index in [-0.39, 0.29) is 23.0 Å². The van der Waals surface area contributed by atoms with E-state index in [0.717, 1.165) is 19.3 Å². The molecular weight excluding hydrogens is 216 g/mol. The number of carbonyl (C=O) groups is 1. The van der Waals surface area contributed by atoms with Crippen molar-refractivity contribution in [2.45, 2.75) is 45.4 Å². The van der Waals surface area contributed by atoms with Gasteiger partial charge in [-0.1, -0.05) is 26.2 Å². The van der Waals surface area contributed by atoms with Gasteiger partial charge < -0.3 is 5.11 Å². The van der Waals surface area contributed by atoms with Crippen molar-refractivity contribution in [2.24, 2.45) is 11.8 Å². The maximum absolute atomic E-state index is 10.8. The van der Waals surface area contributed by atoms with Gasteiger partial charge in [0.25, 0.3) is 0 Å². The second-order valence-electron chi connectivity index (χ2n) is 3.75. The summed E-state index contributed by atoms with van der Waals surface area (Å²) in [6.45, 7) is 1.98. The van der Waals surface area contributed by atoms with E-state index in [0.29, 0.717) is 5.92 Å². The molecule has 1 N–H and O–H groups in total. The van der Waals surface area contributed by atoms with E-state index in [4.69, 9.17) is 5.11 Å². The number of aliphatic carboxylic acids is 1. The minimum atomic E-state index is -0.593. The van der Waals surface area contributed by atoms with Crippen molar-refractivity contribution in [1.29, 1.82) is 0 Å². The average Bonchev–Trinajstić information content (AvgIpc) is 2.07. The Hall–Kier alpha value is -0.0105. The van der Waals surface area contributed by atoms with Crippen LogP contribution in [0.2, 0.25) is 0 Å². The van der Waals surface area contributed by atoms with Gasteiger partial charge in [-0.2, -0.15) is 0 Å². The third-order valence-electron chi connectivity index (χ3n) is 2.98. The van der Waals surface area contributed by atoms with Crippen LogP contribution in [0.5, 0.6) is 0 Å². The van der Waals surface area contributed by atoms with E-state index in [2.05, 4.69) is 0 Å². The molecule has 0 bridgehead atoms. The fraction of sp³-hybridized carbons (Fsp3) is 0.900. The fourth-order valence-electron chi connectivity index (χ4n) is 2.25. The molecule has 13 heavy (non-hydrogen) atoms. The predicted octanol–water partition coefficient (Wildman–Crippen LogP) is 2.68. The molecule has 1 fully saturated rings. The summed E-state index contributed by atoms with van der Waals surface area (Å²) in [5.74, 6) is -0.212. The standard InChI is InChI=1S/C10H18O2.Cu/c1-2-9(10(11)12)8-6-4-3-5-7-8;/h8-9H,2-7H2,1H3,(H,11,12);. The van der Waals surface area contributed by atoms with Crippen molar-refractivity contribution in [1.82, 2.24) is 0 Å². The zero-order valence-corrected chi connectivity index (χ0v) is 9.00. The van der Waals surface area contributed by atoms with Crippen LogP contribution in [0, 0.1) is 11.8 Å². The van der Waals surface area contributed by atoms with E-state index in [1.165, 1.54) is 19.3 Å². The van der Waals surface area contributed by atoms with Crippen LogP contribution >= 0.6 is 0 Å². The molecule has 81 valence electrons. The van der Waals surface area contributed by atoms with Crippen LogP contribution in [0.25, 0.3) is 0 Å². The van der Waals surface area contributed by atoms with Crippen LogP contribution in [0.1, 0.15) is 45.4 Å². The van der Waals surface area contributed by atoms with Crippen molar-refractivity contribution >= 4 is 5.97 Å². The van der Waals surface area contributed by atoms with Crippen molar-refractivity contribution in [3.8, 4) is 0 Å². The van der Waals surface area contributed by atoms with Crippen LogP contribution in [0.15, 0.2) is 0 Å². The third-order valence-corrected chi connectivity index (χ3v) is 2.98. The van der Waals surface area contributed by atoms with Crippen molar-refractivity contribution in [3.05, 3.63) is 0 Å². The van der Waals surface area contributed by atoms with Crippen LogP contribution < -0.4 is 0 Å². The number of carboxylic acid groups (broad SMARTS) is 1.